The second-order valence-corrected chi connectivity index (χ2v) is 10.6. The second kappa shape index (κ2) is 10.2. The van der Waals surface area contributed by atoms with Crippen molar-refractivity contribution >= 4 is 11.6 Å². The monoisotopic (exact) mass is 504 g/mol. The first kappa shape index (κ1) is 25.3. The van der Waals surface area contributed by atoms with E-state index in [0.29, 0.717) is 25.2 Å². The van der Waals surface area contributed by atoms with Crippen LogP contribution in [0.3, 0.4) is 0 Å². The van der Waals surface area contributed by atoms with Crippen molar-refractivity contribution in [2.45, 2.75) is 87.8 Å². The maximum atomic E-state index is 14.1. The molecule has 7 nitrogen and oxygen atoms in total. The predicted octanol–water partition coefficient (Wildman–Crippen LogP) is 3.75. The first-order valence-corrected chi connectivity index (χ1v) is 13.2. The zero-order valence-corrected chi connectivity index (χ0v) is 20.4. The highest BCUT2D eigenvalue weighted by atomic mass is 19.4. The average Bonchev–Trinajstić information content (AvgIpc) is 3.07. The molecule has 4 N–H and O–H groups in total. The number of benzene rings is 1. The summed E-state index contributed by atoms with van der Waals surface area (Å²) in [6, 6.07) is 8.91. The number of alkyl halides is 3. The van der Waals surface area contributed by atoms with E-state index in [9.17, 15) is 23.2 Å². The van der Waals surface area contributed by atoms with E-state index >= 15 is 0 Å². The van der Waals surface area contributed by atoms with Gasteiger partial charge in [-0.05, 0) is 62.8 Å². The lowest BCUT2D eigenvalue weighted by Crippen LogP contribution is -2.56. The summed E-state index contributed by atoms with van der Waals surface area (Å²) < 4.78 is 42.3. The van der Waals surface area contributed by atoms with Gasteiger partial charge in [0.15, 0.2) is 0 Å². The topological polar surface area (TPSA) is 92.2 Å². The molecule has 4 unspecified atom stereocenters. The lowest BCUT2D eigenvalue weighted by atomic mass is 9.81. The van der Waals surface area contributed by atoms with Crippen molar-refractivity contribution in [1.29, 1.82) is 5.26 Å². The van der Waals surface area contributed by atoms with E-state index in [1.54, 1.807) is 12.1 Å². The van der Waals surface area contributed by atoms with Crippen molar-refractivity contribution in [3.63, 3.8) is 0 Å². The number of hydrazine groups is 1. The SMILES string of the molecule is N#C[C@H]1CCCCC[C@@H]1N1NC(Nc2ccc(C3(C(F)(F)F)CCCCN3)cc2)C2C(=O)NCCC21. The summed E-state index contributed by atoms with van der Waals surface area (Å²) in [6.07, 6.45) is 2.24. The molecule has 0 radical (unpaired) electrons. The van der Waals surface area contributed by atoms with E-state index in [0.717, 1.165) is 44.9 Å². The lowest BCUT2D eigenvalue weighted by molar-refractivity contribution is -0.207. The third-order valence-corrected chi connectivity index (χ3v) is 8.55. The van der Waals surface area contributed by atoms with Gasteiger partial charge in [-0.3, -0.25) is 10.1 Å². The summed E-state index contributed by atoms with van der Waals surface area (Å²) in [5.41, 5.74) is 2.35. The second-order valence-electron chi connectivity index (χ2n) is 10.6. The highest BCUT2D eigenvalue weighted by Crippen LogP contribution is 2.44. The number of piperidine rings is 2. The quantitative estimate of drug-likeness (QED) is 0.467. The van der Waals surface area contributed by atoms with Crippen molar-refractivity contribution in [3.8, 4) is 6.07 Å². The summed E-state index contributed by atoms with van der Waals surface area (Å²) in [5, 5.41) is 21.0. The molecule has 5 rings (SSSR count). The van der Waals surface area contributed by atoms with Crippen LogP contribution in [-0.2, 0) is 10.3 Å². The van der Waals surface area contributed by atoms with Crippen LogP contribution in [0.25, 0.3) is 0 Å². The van der Waals surface area contributed by atoms with Crippen molar-refractivity contribution in [2.75, 3.05) is 18.4 Å². The van der Waals surface area contributed by atoms with Crippen LogP contribution in [0.15, 0.2) is 24.3 Å². The van der Waals surface area contributed by atoms with Gasteiger partial charge in [0.05, 0.1) is 17.9 Å². The molecule has 6 atom stereocenters. The van der Waals surface area contributed by atoms with Gasteiger partial charge < -0.3 is 10.6 Å². The number of rotatable bonds is 4. The van der Waals surface area contributed by atoms with E-state index in [4.69, 9.17) is 0 Å². The Bertz CT molecular complexity index is 971. The molecule has 36 heavy (non-hydrogen) atoms. The van der Waals surface area contributed by atoms with E-state index in [2.05, 4.69) is 32.5 Å². The number of carbonyl (C=O) groups excluding carboxylic acids is 1. The van der Waals surface area contributed by atoms with Crippen LogP contribution in [0, 0.1) is 23.2 Å². The lowest BCUT2D eigenvalue weighted by Gasteiger charge is -2.40. The fourth-order valence-corrected chi connectivity index (χ4v) is 6.66. The minimum Gasteiger partial charge on any atom is -0.368 e. The molecule has 0 aromatic heterocycles. The molecule has 196 valence electrons. The Labute approximate surface area is 210 Å². The molecule has 1 aliphatic carbocycles. The summed E-state index contributed by atoms with van der Waals surface area (Å²) in [7, 11) is 0. The van der Waals surface area contributed by atoms with Crippen LogP contribution in [0.1, 0.15) is 63.4 Å². The number of halogens is 3. The third-order valence-electron chi connectivity index (χ3n) is 8.55. The fourth-order valence-electron chi connectivity index (χ4n) is 6.66. The number of nitrogens with zero attached hydrogens (tertiary/aromatic N) is 2. The Hall–Kier alpha value is -2.35. The minimum atomic E-state index is -4.39. The Morgan fingerprint density at radius 1 is 1.00 bits per heavy atom. The Morgan fingerprint density at radius 3 is 2.47 bits per heavy atom. The molecule has 4 fully saturated rings. The minimum absolute atomic E-state index is 0.0216. The molecule has 1 aromatic rings. The van der Waals surface area contributed by atoms with E-state index in [1.807, 2.05) is 0 Å². The van der Waals surface area contributed by atoms with Crippen molar-refractivity contribution in [3.05, 3.63) is 29.8 Å². The first-order valence-electron chi connectivity index (χ1n) is 13.2. The van der Waals surface area contributed by atoms with Crippen LogP contribution in [0.5, 0.6) is 0 Å². The van der Waals surface area contributed by atoms with Gasteiger partial charge in [-0.1, -0.05) is 31.4 Å². The normalized spacial score (nSPS) is 35.8. The molecule has 1 aromatic carbocycles. The van der Waals surface area contributed by atoms with Crippen molar-refractivity contribution in [2.24, 2.45) is 11.8 Å². The summed E-state index contributed by atoms with van der Waals surface area (Å²) in [5.74, 6) is -0.493. The summed E-state index contributed by atoms with van der Waals surface area (Å²) in [6.45, 7) is 0.931. The van der Waals surface area contributed by atoms with E-state index < -0.39 is 17.9 Å². The Kier molecular flexibility index (Phi) is 7.16. The van der Waals surface area contributed by atoms with Gasteiger partial charge in [-0.15, -0.1) is 0 Å². The smallest absolute Gasteiger partial charge is 0.368 e. The van der Waals surface area contributed by atoms with Crippen LogP contribution >= 0.6 is 0 Å². The number of hydrogen-bond donors (Lipinski definition) is 4. The molecule has 3 heterocycles. The molecule has 3 aliphatic heterocycles. The molecule has 4 aliphatic rings. The first-order chi connectivity index (χ1) is 17.3. The molecule has 1 amide bonds. The van der Waals surface area contributed by atoms with Gasteiger partial charge in [0.1, 0.15) is 11.7 Å². The van der Waals surface area contributed by atoms with E-state index in [1.165, 1.54) is 12.1 Å². The van der Waals surface area contributed by atoms with Crippen LogP contribution < -0.4 is 21.4 Å². The summed E-state index contributed by atoms with van der Waals surface area (Å²) in [4.78, 5) is 12.9. The maximum absolute atomic E-state index is 14.1. The standard InChI is InChI=1S/C26H35F3N6O/c27-26(28,29)25(13-4-5-14-32-25)18-8-10-19(11-9-18)33-23-22-21(12-15-31-24(22)36)35(34-23)20-7-3-1-2-6-17(20)16-30/h8-11,17,20-23,32-34H,1-7,12-15H2,(H,31,36)/t17-,20+,21?,22?,23?,25?/m1/s1. The van der Waals surface area contributed by atoms with Crippen LogP contribution in [0.2, 0.25) is 0 Å². The number of anilines is 1. The average molecular weight is 505 g/mol. The molecule has 1 saturated carbocycles. The van der Waals surface area contributed by atoms with Crippen LogP contribution in [-0.4, -0.2) is 48.4 Å². The van der Waals surface area contributed by atoms with Crippen LogP contribution in [0.4, 0.5) is 18.9 Å². The molecule has 0 bridgehead atoms. The van der Waals surface area contributed by atoms with Crippen molar-refractivity contribution < 1.29 is 18.0 Å². The van der Waals surface area contributed by atoms with Gasteiger partial charge >= 0.3 is 6.18 Å². The number of amides is 1. The van der Waals surface area contributed by atoms with E-state index in [-0.39, 0.29) is 41.8 Å². The Morgan fingerprint density at radius 2 is 1.78 bits per heavy atom. The number of nitrogens with one attached hydrogen (secondary N) is 4. The molecular formula is C26H35F3N6O. The van der Waals surface area contributed by atoms with Crippen molar-refractivity contribution in [1.82, 2.24) is 21.1 Å². The predicted molar refractivity (Wildman–Crippen MR) is 129 cm³/mol. The number of hydrogen-bond acceptors (Lipinski definition) is 6. The summed E-state index contributed by atoms with van der Waals surface area (Å²) >= 11 is 0. The molecule has 0 spiro atoms. The zero-order valence-electron chi connectivity index (χ0n) is 20.4. The van der Waals surface area contributed by atoms with Gasteiger partial charge in [-0.2, -0.15) is 18.4 Å². The highest BCUT2D eigenvalue weighted by Gasteiger charge is 2.56. The third kappa shape index (κ3) is 4.57. The number of nitriles is 1. The molecule has 10 heteroatoms. The zero-order chi connectivity index (χ0) is 25.3. The number of fused-ring (bicyclic) bond motifs is 1. The maximum Gasteiger partial charge on any atom is 0.410 e. The fraction of sp³-hybridized carbons (Fsp3) is 0.692. The number of carbonyl (C=O) groups is 1. The highest BCUT2D eigenvalue weighted by molar-refractivity contribution is 5.82. The van der Waals surface area contributed by atoms with Gasteiger partial charge in [-0.25, -0.2) is 10.4 Å². The Balaban J connectivity index is 1.37. The molecule has 3 saturated heterocycles. The van der Waals surface area contributed by atoms with Gasteiger partial charge in [0.25, 0.3) is 0 Å². The molecular weight excluding hydrogens is 469 g/mol. The van der Waals surface area contributed by atoms with Gasteiger partial charge in [0.2, 0.25) is 5.91 Å². The largest absolute Gasteiger partial charge is 0.410 e. The van der Waals surface area contributed by atoms with Gasteiger partial charge in [0, 0.05) is 24.3 Å².